The van der Waals surface area contributed by atoms with Crippen molar-refractivity contribution in [2.24, 2.45) is 0 Å². The van der Waals surface area contributed by atoms with Crippen LogP contribution >= 0.6 is 11.6 Å². The molecule has 4 heteroatoms. The summed E-state index contributed by atoms with van der Waals surface area (Å²) in [6, 6.07) is 8.97. The van der Waals surface area contributed by atoms with Crippen LogP contribution in [-0.2, 0) is 15.3 Å². The van der Waals surface area contributed by atoms with Gasteiger partial charge in [0.15, 0.2) is 0 Å². The van der Waals surface area contributed by atoms with Crippen molar-refractivity contribution in [3.05, 3.63) is 34.9 Å². The van der Waals surface area contributed by atoms with Gasteiger partial charge in [-0.25, -0.2) is 0 Å². The van der Waals surface area contributed by atoms with Gasteiger partial charge in [-0.15, -0.1) is 0 Å². The number of halogens is 1. The monoisotopic (exact) mass is 272 g/mol. The van der Waals surface area contributed by atoms with Crippen LogP contribution in [0.4, 0.5) is 0 Å². The third-order valence-electron chi connectivity index (χ3n) is 2.68. The number of benzene rings is 1. The molecule has 0 saturated heterocycles. The SMILES string of the molecule is CCO[Si](C)(CCc1ccc(Cl)cc1)OCC. The molecule has 0 N–H and O–H groups in total. The van der Waals surface area contributed by atoms with Crippen LogP contribution in [0.2, 0.25) is 17.6 Å². The Hall–Kier alpha value is -0.353. The third kappa shape index (κ3) is 5.21. The van der Waals surface area contributed by atoms with Crippen LogP contribution in [0.3, 0.4) is 0 Å². The van der Waals surface area contributed by atoms with Gasteiger partial charge in [-0.1, -0.05) is 23.7 Å². The Bertz CT molecular complexity index is 321. The summed E-state index contributed by atoms with van der Waals surface area (Å²) in [6.45, 7) is 7.63. The molecule has 0 fully saturated rings. The van der Waals surface area contributed by atoms with Crippen LogP contribution in [0, 0.1) is 0 Å². The molecule has 0 heterocycles. The molecule has 0 aliphatic carbocycles. The predicted octanol–water partition coefficient (Wildman–Crippen LogP) is 4.03. The second kappa shape index (κ2) is 7.16. The molecule has 0 saturated carbocycles. The lowest BCUT2D eigenvalue weighted by atomic mass is 10.2. The molecule has 1 rings (SSSR count). The Morgan fingerprint density at radius 3 is 2.06 bits per heavy atom. The van der Waals surface area contributed by atoms with Crippen LogP contribution in [0.25, 0.3) is 0 Å². The van der Waals surface area contributed by atoms with Crippen molar-refractivity contribution in [1.29, 1.82) is 0 Å². The maximum Gasteiger partial charge on any atom is 0.335 e. The lowest BCUT2D eigenvalue weighted by Crippen LogP contribution is -2.39. The minimum Gasteiger partial charge on any atom is -0.395 e. The first-order valence-electron chi connectivity index (χ1n) is 6.12. The summed E-state index contributed by atoms with van der Waals surface area (Å²) < 4.78 is 11.6. The van der Waals surface area contributed by atoms with E-state index in [-0.39, 0.29) is 0 Å². The highest BCUT2D eigenvalue weighted by atomic mass is 35.5. The van der Waals surface area contributed by atoms with E-state index in [2.05, 4.69) is 18.7 Å². The Kier molecular flexibility index (Phi) is 6.20. The van der Waals surface area contributed by atoms with E-state index in [1.54, 1.807) is 0 Å². The maximum absolute atomic E-state index is 5.86. The van der Waals surface area contributed by atoms with E-state index in [0.717, 1.165) is 30.7 Å². The Balaban J connectivity index is 2.54. The van der Waals surface area contributed by atoms with E-state index in [1.165, 1.54) is 5.56 Å². The topological polar surface area (TPSA) is 18.5 Å². The average Bonchev–Trinajstić information content (AvgIpc) is 2.29. The standard InChI is InChI=1S/C13H21ClO2Si/c1-4-15-17(3,16-5-2)11-10-12-6-8-13(14)9-7-12/h6-9H,4-5,10-11H2,1-3H3. The van der Waals surface area contributed by atoms with Gasteiger partial charge in [0.2, 0.25) is 0 Å². The van der Waals surface area contributed by atoms with E-state index in [1.807, 2.05) is 26.0 Å². The summed E-state index contributed by atoms with van der Waals surface area (Å²) in [5.74, 6) is 0. The van der Waals surface area contributed by atoms with Gasteiger partial charge in [0, 0.05) is 18.2 Å². The first kappa shape index (κ1) is 14.7. The highest BCUT2D eigenvalue weighted by molar-refractivity contribution is 6.66. The van der Waals surface area contributed by atoms with E-state index >= 15 is 0 Å². The molecule has 0 radical (unpaired) electrons. The summed E-state index contributed by atoms with van der Waals surface area (Å²) >= 11 is 5.86. The van der Waals surface area contributed by atoms with Crippen molar-refractivity contribution >= 4 is 20.2 Å². The molecule has 0 amide bonds. The molecule has 0 atom stereocenters. The van der Waals surface area contributed by atoms with Gasteiger partial charge in [0.05, 0.1) is 0 Å². The fourth-order valence-corrected chi connectivity index (χ4v) is 4.28. The summed E-state index contributed by atoms with van der Waals surface area (Å²) in [5, 5.41) is 0.781. The first-order chi connectivity index (χ1) is 8.09. The zero-order chi connectivity index (χ0) is 12.7. The van der Waals surface area contributed by atoms with Gasteiger partial charge < -0.3 is 8.85 Å². The maximum atomic E-state index is 5.86. The third-order valence-corrected chi connectivity index (χ3v) is 5.89. The summed E-state index contributed by atoms with van der Waals surface area (Å²) in [7, 11) is -1.98. The Labute approximate surface area is 110 Å². The van der Waals surface area contributed by atoms with Crippen molar-refractivity contribution in [3.8, 4) is 0 Å². The number of hydrogen-bond acceptors (Lipinski definition) is 2. The highest BCUT2D eigenvalue weighted by Gasteiger charge is 2.29. The predicted molar refractivity (Wildman–Crippen MR) is 74.8 cm³/mol. The number of hydrogen-bond donors (Lipinski definition) is 0. The van der Waals surface area contributed by atoms with Gasteiger partial charge in [-0.05, 0) is 50.6 Å². The smallest absolute Gasteiger partial charge is 0.335 e. The molecule has 1 aromatic carbocycles. The number of rotatable bonds is 7. The molecule has 0 spiro atoms. The minimum atomic E-state index is -1.98. The van der Waals surface area contributed by atoms with E-state index in [0.29, 0.717) is 0 Å². The zero-order valence-electron chi connectivity index (χ0n) is 10.8. The largest absolute Gasteiger partial charge is 0.395 e. The Morgan fingerprint density at radius 2 is 1.59 bits per heavy atom. The summed E-state index contributed by atoms with van der Waals surface area (Å²) in [5.41, 5.74) is 1.28. The second-order valence-corrected chi connectivity index (χ2v) is 7.91. The molecule has 2 nitrogen and oxygen atoms in total. The van der Waals surface area contributed by atoms with Crippen LogP contribution in [0.5, 0.6) is 0 Å². The highest BCUT2D eigenvalue weighted by Crippen LogP contribution is 2.18. The lowest BCUT2D eigenvalue weighted by molar-refractivity contribution is 0.189. The summed E-state index contributed by atoms with van der Waals surface area (Å²) in [4.78, 5) is 0. The molecule has 96 valence electrons. The molecule has 17 heavy (non-hydrogen) atoms. The van der Waals surface area contributed by atoms with Crippen molar-refractivity contribution < 1.29 is 8.85 Å². The molecule has 0 bridgehead atoms. The van der Waals surface area contributed by atoms with E-state index < -0.39 is 8.56 Å². The molecule has 0 aliphatic heterocycles. The summed E-state index contributed by atoms with van der Waals surface area (Å²) in [6.07, 6.45) is 0.986. The molecule has 0 aliphatic rings. The van der Waals surface area contributed by atoms with Crippen molar-refractivity contribution in [2.75, 3.05) is 13.2 Å². The molecule has 1 aromatic rings. The van der Waals surface area contributed by atoms with Crippen molar-refractivity contribution in [2.45, 2.75) is 32.9 Å². The fraction of sp³-hybridized carbons (Fsp3) is 0.538. The van der Waals surface area contributed by atoms with Crippen LogP contribution < -0.4 is 0 Å². The molecular weight excluding hydrogens is 252 g/mol. The van der Waals surface area contributed by atoms with E-state index in [9.17, 15) is 0 Å². The molecule has 0 aromatic heterocycles. The number of aryl methyl sites for hydroxylation is 1. The quantitative estimate of drug-likeness (QED) is 0.698. The van der Waals surface area contributed by atoms with Crippen LogP contribution in [0.15, 0.2) is 24.3 Å². The van der Waals surface area contributed by atoms with E-state index in [4.69, 9.17) is 20.5 Å². The Morgan fingerprint density at radius 1 is 1.06 bits per heavy atom. The van der Waals surface area contributed by atoms with Gasteiger partial charge in [0.1, 0.15) is 0 Å². The van der Waals surface area contributed by atoms with Gasteiger partial charge in [0.25, 0.3) is 0 Å². The van der Waals surface area contributed by atoms with Crippen molar-refractivity contribution in [1.82, 2.24) is 0 Å². The van der Waals surface area contributed by atoms with Crippen LogP contribution in [0.1, 0.15) is 19.4 Å². The first-order valence-corrected chi connectivity index (χ1v) is 9.02. The minimum absolute atomic E-state index is 0.726. The van der Waals surface area contributed by atoms with Crippen molar-refractivity contribution in [3.63, 3.8) is 0 Å². The van der Waals surface area contributed by atoms with Crippen LogP contribution in [-0.4, -0.2) is 21.8 Å². The van der Waals surface area contributed by atoms with Gasteiger partial charge >= 0.3 is 8.56 Å². The second-order valence-electron chi connectivity index (χ2n) is 4.13. The fourth-order valence-electron chi connectivity index (χ4n) is 1.82. The molecule has 0 unspecified atom stereocenters. The lowest BCUT2D eigenvalue weighted by Gasteiger charge is -2.25. The van der Waals surface area contributed by atoms with Gasteiger partial charge in [-0.2, -0.15) is 0 Å². The average molecular weight is 273 g/mol. The molecular formula is C13H21ClO2Si. The zero-order valence-corrected chi connectivity index (χ0v) is 12.6. The normalized spacial score (nSPS) is 11.8. The van der Waals surface area contributed by atoms with Gasteiger partial charge in [-0.3, -0.25) is 0 Å².